The van der Waals surface area contributed by atoms with Crippen molar-refractivity contribution in [2.45, 2.75) is 26.4 Å². The van der Waals surface area contributed by atoms with Crippen molar-refractivity contribution < 1.29 is 14.6 Å². The maximum Gasteiger partial charge on any atom is 0.335 e. The molecule has 2 heterocycles. The Morgan fingerprint density at radius 2 is 2.00 bits per heavy atom. The van der Waals surface area contributed by atoms with E-state index in [1.165, 1.54) is 16.5 Å². The van der Waals surface area contributed by atoms with E-state index in [0.717, 1.165) is 48.6 Å². The van der Waals surface area contributed by atoms with Gasteiger partial charge in [0.1, 0.15) is 5.75 Å². The largest absolute Gasteiger partial charge is 0.496 e. The summed E-state index contributed by atoms with van der Waals surface area (Å²) >= 11 is 0. The number of benzene rings is 2. The number of nitrogens with one attached hydrogen (secondary N) is 1. The summed E-state index contributed by atoms with van der Waals surface area (Å²) in [5.74, 6) is 0.0330. The lowest BCUT2D eigenvalue weighted by Gasteiger charge is -2.40. The van der Waals surface area contributed by atoms with Crippen molar-refractivity contribution in [3.8, 4) is 5.75 Å². The fourth-order valence-electron chi connectivity index (χ4n) is 4.58. The first-order valence-corrected chi connectivity index (χ1v) is 10.3. The van der Waals surface area contributed by atoms with Gasteiger partial charge in [-0.3, -0.25) is 4.90 Å². The maximum absolute atomic E-state index is 11.4. The summed E-state index contributed by atoms with van der Waals surface area (Å²) in [6.45, 7) is 7.57. The number of carboxylic acids is 1. The Balaban J connectivity index is 1.72. The Morgan fingerprint density at radius 3 is 2.70 bits per heavy atom. The number of nitrogens with zero attached hydrogens (tertiary/aromatic N) is 2. The third kappa shape index (κ3) is 3.68. The Labute approximate surface area is 177 Å². The molecule has 1 aliphatic heterocycles. The number of aromatic amines is 1. The van der Waals surface area contributed by atoms with Gasteiger partial charge in [-0.1, -0.05) is 12.1 Å². The molecule has 6 heteroatoms. The number of methoxy groups -OCH3 is 1. The molecule has 1 aliphatic rings. The van der Waals surface area contributed by atoms with Crippen molar-refractivity contribution >= 4 is 16.9 Å². The van der Waals surface area contributed by atoms with Gasteiger partial charge >= 0.3 is 5.97 Å². The van der Waals surface area contributed by atoms with E-state index in [1.807, 2.05) is 25.3 Å². The molecule has 0 spiro atoms. The number of aromatic carboxylic acids is 1. The van der Waals surface area contributed by atoms with Gasteiger partial charge in [-0.2, -0.15) is 0 Å². The van der Waals surface area contributed by atoms with E-state index in [4.69, 9.17) is 4.74 Å². The molecule has 0 amide bonds. The molecule has 158 valence electrons. The summed E-state index contributed by atoms with van der Waals surface area (Å²) in [6.07, 6.45) is 1.98. The van der Waals surface area contributed by atoms with Crippen LogP contribution in [0.1, 0.15) is 38.7 Å². The first-order chi connectivity index (χ1) is 14.4. The summed E-state index contributed by atoms with van der Waals surface area (Å²) in [7, 11) is 3.87. The summed E-state index contributed by atoms with van der Waals surface area (Å²) < 4.78 is 5.75. The molecule has 2 aromatic carbocycles. The number of hydrogen-bond donors (Lipinski definition) is 2. The minimum atomic E-state index is -0.879. The number of H-pyrrole nitrogens is 1. The molecule has 0 bridgehead atoms. The number of likely N-dealkylation sites (N-methyl/N-ethyl adjacent to an activating group) is 1. The van der Waals surface area contributed by atoms with Crippen molar-refractivity contribution in [1.82, 2.24) is 14.8 Å². The van der Waals surface area contributed by atoms with Crippen LogP contribution >= 0.6 is 0 Å². The smallest absolute Gasteiger partial charge is 0.335 e. The van der Waals surface area contributed by atoms with Crippen LogP contribution in [0, 0.1) is 13.8 Å². The van der Waals surface area contributed by atoms with Crippen molar-refractivity contribution in [3.63, 3.8) is 0 Å². The normalized spacial score (nSPS) is 18.1. The molecule has 0 saturated carbocycles. The molecule has 30 heavy (non-hydrogen) atoms. The highest BCUT2D eigenvalue weighted by atomic mass is 16.5. The SMILES string of the molecule is COc1cc(C)c2[nH]ccc2c1CN1CCN(C)CC1c1ccc(C(=O)O)c(C)c1. The average Bonchev–Trinajstić information content (AvgIpc) is 3.21. The fraction of sp³-hybridized carbons (Fsp3) is 0.375. The van der Waals surface area contributed by atoms with Gasteiger partial charge in [0.15, 0.2) is 0 Å². The van der Waals surface area contributed by atoms with Crippen LogP contribution in [0.2, 0.25) is 0 Å². The van der Waals surface area contributed by atoms with Crippen LogP contribution in [-0.2, 0) is 6.54 Å². The Hall–Kier alpha value is -2.83. The highest BCUT2D eigenvalue weighted by Crippen LogP contribution is 2.35. The molecule has 0 radical (unpaired) electrons. The highest BCUT2D eigenvalue weighted by molar-refractivity contribution is 5.89. The van der Waals surface area contributed by atoms with E-state index >= 15 is 0 Å². The monoisotopic (exact) mass is 407 g/mol. The number of piperazine rings is 1. The zero-order valence-corrected chi connectivity index (χ0v) is 18.0. The van der Waals surface area contributed by atoms with Crippen LogP contribution in [0.3, 0.4) is 0 Å². The van der Waals surface area contributed by atoms with Crippen LogP contribution in [0.25, 0.3) is 10.9 Å². The van der Waals surface area contributed by atoms with Gasteiger partial charge < -0.3 is 19.7 Å². The second-order valence-corrected chi connectivity index (χ2v) is 8.27. The number of carboxylic acid groups (broad SMARTS) is 1. The topological polar surface area (TPSA) is 68.8 Å². The predicted molar refractivity (Wildman–Crippen MR) is 118 cm³/mol. The standard InChI is InChI=1S/C24H29N3O3/c1-15-11-17(5-6-18(15)24(28)29)21-14-26(3)9-10-27(21)13-20-19-7-8-25-23(19)16(2)12-22(20)30-4/h5-8,11-12,21,25H,9-10,13-14H2,1-4H3,(H,28,29). The second-order valence-electron chi connectivity index (χ2n) is 8.27. The van der Waals surface area contributed by atoms with Crippen molar-refractivity contribution in [1.29, 1.82) is 0 Å². The van der Waals surface area contributed by atoms with E-state index in [0.29, 0.717) is 5.56 Å². The molecular weight excluding hydrogens is 378 g/mol. The molecule has 4 rings (SSSR count). The summed E-state index contributed by atoms with van der Waals surface area (Å²) in [5, 5.41) is 10.6. The van der Waals surface area contributed by atoms with Crippen LogP contribution in [-0.4, -0.2) is 59.7 Å². The summed E-state index contributed by atoms with van der Waals surface area (Å²) in [5.41, 5.74) is 5.83. The molecule has 1 unspecified atom stereocenters. The molecule has 6 nitrogen and oxygen atoms in total. The van der Waals surface area contributed by atoms with Crippen molar-refractivity contribution in [2.24, 2.45) is 0 Å². The van der Waals surface area contributed by atoms with Gasteiger partial charge in [0.05, 0.1) is 12.7 Å². The molecule has 1 aromatic heterocycles. The van der Waals surface area contributed by atoms with Gasteiger partial charge in [-0.05, 0) is 55.8 Å². The van der Waals surface area contributed by atoms with E-state index in [-0.39, 0.29) is 6.04 Å². The number of carbonyl (C=O) groups is 1. The zero-order chi connectivity index (χ0) is 21.4. The molecular formula is C24H29N3O3. The average molecular weight is 408 g/mol. The van der Waals surface area contributed by atoms with Gasteiger partial charge in [0.25, 0.3) is 0 Å². The lowest BCUT2D eigenvalue weighted by atomic mass is 9.96. The summed E-state index contributed by atoms with van der Waals surface area (Å²) in [4.78, 5) is 19.6. The van der Waals surface area contributed by atoms with Gasteiger partial charge in [-0.25, -0.2) is 4.79 Å². The highest BCUT2D eigenvalue weighted by Gasteiger charge is 2.29. The number of fused-ring (bicyclic) bond motifs is 1. The number of aromatic nitrogens is 1. The molecule has 1 saturated heterocycles. The third-order valence-corrected chi connectivity index (χ3v) is 6.25. The first kappa shape index (κ1) is 20.4. The van der Waals surface area contributed by atoms with Gasteiger partial charge in [-0.15, -0.1) is 0 Å². The van der Waals surface area contributed by atoms with E-state index in [1.54, 1.807) is 13.2 Å². The Morgan fingerprint density at radius 1 is 1.20 bits per heavy atom. The van der Waals surface area contributed by atoms with Crippen molar-refractivity contribution in [2.75, 3.05) is 33.8 Å². The summed E-state index contributed by atoms with van der Waals surface area (Å²) in [6, 6.07) is 10.1. The molecule has 2 N–H and O–H groups in total. The minimum absolute atomic E-state index is 0.185. The lowest BCUT2D eigenvalue weighted by molar-refractivity contribution is 0.0695. The molecule has 1 atom stereocenters. The quantitative estimate of drug-likeness (QED) is 0.670. The van der Waals surface area contributed by atoms with Crippen LogP contribution in [0.5, 0.6) is 5.75 Å². The zero-order valence-electron chi connectivity index (χ0n) is 18.0. The van der Waals surface area contributed by atoms with Crippen LogP contribution in [0.15, 0.2) is 36.5 Å². The van der Waals surface area contributed by atoms with Crippen LogP contribution < -0.4 is 4.74 Å². The second kappa shape index (κ2) is 8.13. The molecule has 1 fully saturated rings. The lowest BCUT2D eigenvalue weighted by Crippen LogP contribution is -2.46. The maximum atomic E-state index is 11.4. The molecule has 0 aliphatic carbocycles. The molecule has 3 aromatic rings. The number of hydrogen-bond acceptors (Lipinski definition) is 4. The number of ether oxygens (including phenoxy) is 1. The van der Waals surface area contributed by atoms with Gasteiger partial charge in [0, 0.05) is 54.9 Å². The third-order valence-electron chi connectivity index (χ3n) is 6.25. The predicted octanol–water partition coefficient (Wildman–Crippen LogP) is 3.98. The number of rotatable bonds is 5. The van der Waals surface area contributed by atoms with E-state index < -0.39 is 5.97 Å². The first-order valence-electron chi connectivity index (χ1n) is 10.3. The van der Waals surface area contributed by atoms with Crippen molar-refractivity contribution in [3.05, 3.63) is 64.3 Å². The Bertz CT molecular complexity index is 1090. The van der Waals surface area contributed by atoms with Crippen LogP contribution in [0.4, 0.5) is 0 Å². The van der Waals surface area contributed by atoms with E-state index in [2.05, 4.69) is 40.9 Å². The fourth-order valence-corrected chi connectivity index (χ4v) is 4.58. The number of aryl methyl sites for hydroxylation is 2. The minimum Gasteiger partial charge on any atom is -0.496 e. The Kier molecular flexibility index (Phi) is 5.54. The van der Waals surface area contributed by atoms with E-state index in [9.17, 15) is 9.90 Å². The van der Waals surface area contributed by atoms with Gasteiger partial charge in [0.2, 0.25) is 0 Å².